The van der Waals surface area contributed by atoms with E-state index in [-0.39, 0.29) is 6.61 Å². The van der Waals surface area contributed by atoms with Gasteiger partial charge in [-0.15, -0.1) is 0 Å². The minimum atomic E-state index is 0.272. The van der Waals surface area contributed by atoms with Crippen molar-refractivity contribution in [3.8, 4) is 11.5 Å². The van der Waals surface area contributed by atoms with E-state index in [2.05, 4.69) is 17.0 Å². The van der Waals surface area contributed by atoms with Gasteiger partial charge in [-0.3, -0.25) is 4.90 Å². The molecule has 1 unspecified atom stereocenters. The van der Waals surface area contributed by atoms with Gasteiger partial charge in [-0.2, -0.15) is 0 Å². The number of ether oxygens (including phenoxy) is 2. The van der Waals surface area contributed by atoms with Crippen molar-refractivity contribution >= 4 is 0 Å². The molecule has 124 valence electrons. The summed E-state index contributed by atoms with van der Waals surface area (Å²) in [6.45, 7) is 7.55. The number of aliphatic hydroxyl groups excluding tert-OH is 1. The highest BCUT2D eigenvalue weighted by molar-refractivity contribution is 5.43. The first-order valence-electron chi connectivity index (χ1n) is 8.51. The van der Waals surface area contributed by atoms with Crippen molar-refractivity contribution < 1.29 is 14.6 Å². The van der Waals surface area contributed by atoms with Gasteiger partial charge in [-0.25, -0.2) is 0 Å². The molecule has 4 nitrogen and oxygen atoms in total. The van der Waals surface area contributed by atoms with Crippen LogP contribution < -0.4 is 9.47 Å². The molecule has 0 amide bonds. The maximum Gasteiger partial charge on any atom is 0.161 e. The van der Waals surface area contributed by atoms with Gasteiger partial charge in [0, 0.05) is 19.2 Å². The summed E-state index contributed by atoms with van der Waals surface area (Å²) in [5.41, 5.74) is 1.25. The predicted octanol–water partition coefficient (Wildman–Crippen LogP) is 3.22. The van der Waals surface area contributed by atoms with Crippen molar-refractivity contribution in [2.24, 2.45) is 0 Å². The molecule has 1 aromatic carbocycles. The Morgan fingerprint density at radius 1 is 1.14 bits per heavy atom. The van der Waals surface area contributed by atoms with Crippen molar-refractivity contribution in [1.82, 2.24) is 4.90 Å². The van der Waals surface area contributed by atoms with Crippen LogP contribution in [0.25, 0.3) is 0 Å². The number of benzene rings is 1. The molecule has 1 aliphatic rings. The van der Waals surface area contributed by atoms with Gasteiger partial charge >= 0.3 is 0 Å². The standard InChI is InChI=1S/C18H29NO3/c1-3-21-17-9-8-15(13-18(17)22-4-2)14-19-11-6-5-7-16(19)10-12-20/h8-9,13,16,20H,3-7,10-12,14H2,1-2H3. The van der Waals surface area contributed by atoms with E-state index in [1.54, 1.807) is 0 Å². The van der Waals surface area contributed by atoms with Crippen LogP contribution >= 0.6 is 0 Å². The Balaban J connectivity index is 2.08. The van der Waals surface area contributed by atoms with Crippen LogP contribution in [0, 0.1) is 0 Å². The summed E-state index contributed by atoms with van der Waals surface area (Å²) in [5.74, 6) is 1.65. The molecule has 1 aliphatic heterocycles. The Labute approximate surface area is 134 Å². The molecule has 1 saturated heterocycles. The van der Waals surface area contributed by atoms with E-state index < -0.39 is 0 Å². The Hall–Kier alpha value is -1.26. The highest BCUT2D eigenvalue weighted by Crippen LogP contribution is 2.30. The van der Waals surface area contributed by atoms with E-state index in [9.17, 15) is 5.11 Å². The lowest BCUT2D eigenvalue weighted by Crippen LogP contribution is -2.39. The van der Waals surface area contributed by atoms with Gasteiger partial charge in [0.1, 0.15) is 0 Å². The Bertz CT molecular complexity index is 448. The lowest BCUT2D eigenvalue weighted by atomic mass is 9.99. The number of rotatable bonds is 8. The zero-order valence-electron chi connectivity index (χ0n) is 13.9. The highest BCUT2D eigenvalue weighted by Gasteiger charge is 2.22. The molecule has 0 radical (unpaired) electrons. The van der Waals surface area contributed by atoms with Crippen molar-refractivity contribution in [2.75, 3.05) is 26.4 Å². The fourth-order valence-electron chi connectivity index (χ4n) is 3.17. The second kappa shape index (κ2) is 9.01. The maximum atomic E-state index is 9.25. The Kier molecular flexibility index (Phi) is 7.00. The normalized spacial score (nSPS) is 19.1. The number of hydrogen-bond donors (Lipinski definition) is 1. The van der Waals surface area contributed by atoms with E-state index in [4.69, 9.17) is 9.47 Å². The molecule has 1 heterocycles. The van der Waals surface area contributed by atoms with Crippen LogP contribution in [0.1, 0.15) is 45.1 Å². The van der Waals surface area contributed by atoms with Crippen LogP contribution in [0.4, 0.5) is 0 Å². The fraction of sp³-hybridized carbons (Fsp3) is 0.667. The average molecular weight is 307 g/mol. The number of nitrogens with zero attached hydrogens (tertiary/aromatic N) is 1. The molecule has 1 N–H and O–H groups in total. The van der Waals surface area contributed by atoms with Crippen LogP contribution in [-0.4, -0.2) is 42.4 Å². The Morgan fingerprint density at radius 2 is 1.91 bits per heavy atom. The van der Waals surface area contributed by atoms with Crippen molar-refractivity contribution in [1.29, 1.82) is 0 Å². The Morgan fingerprint density at radius 3 is 2.64 bits per heavy atom. The van der Waals surface area contributed by atoms with E-state index >= 15 is 0 Å². The molecule has 1 atom stereocenters. The van der Waals surface area contributed by atoms with Gasteiger partial charge in [0.05, 0.1) is 13.2 Å². The molecule has 0 spiro atoms. The maximum absolute atomic E-state index is 9.25. The molecule has 0 aromatic heterocycles. The van der Waals surface area contributed by atoms with Gasteiger partial charge in [0.2, 0.25) is 0 Å². The number of aliphatic hydroxyl groups is 1. The third kappa shape index (κ3) is 4.62. The summed E-state index contributed by atoms with van der Waals surface area (Å²) in [5, 5.41) is 9.25. The lowest BCUT2D eigenvalue weighted by Gasteiger charge is -2.35. The van der Waals surface area contributed by atoms with Crippen molar-refractivity contribution in [3.05, 3.63) is 23.8 Å². The summed E-state index contributed by atoms with van der Waals surface area (Å²) in [6, 6.07) is 6.73. The van der Waals surface area contributed by atoms with E-state index in [0.717, 1.165) is 31.0 Å². The minimum absolute atomic E-state index is 0.272. The molecule has 22 heavy (non-hydrogen) atoms. The monoisotopic (exact) mass is 307 g/mol. The van der Waals surface area contributed by atoms with E-state index in [0.29, 0.717) is 19.3 Å². The largest absolute Gasteiger partial charge is 0.490 e. The SMILES string of the molecule is CCOc1ccc(CN2CCCCC2CCO)cc1OCC. The third-order valence-corrected chi connectivity index (χ3v) is 4.20. The highest BCUT2D eigenvalue weighted by atomic mass is 16.5. The van der Waals surface area contributed by atoms with E-state index in [1.165, 1.54) is 24.8 Å². The second-order valence-corrected chi connectivity index (χ2v) is 5.78. The first kappa shape index (κ1) is 17.1. The van der Waals surface area contributed by atoms with Crippen LogP contribution in [0.2, 0.25) is 0 Å². The molecule has 0 bridgehead atoms. The minimum Gasteiger partial charge on any atom is -0.490 e. The molecule has 2 rings (SSSR count). The summed E-state index contributed by atoms with van der Waals surface area (Å²) in [7, 11) is 0. The molecule has 1 fully saturated rings. The first-order valence-corrected chi connectivity index (χ1v) is 8.51. The van der Waals surface area contributed by atoms with Crippen molar-refractivity contribution in [3.63, 3.8) is 0 Å². The number of likely N-dealkylation sites (tertiary alicyclic amines) is 1. The molecule has 0 saturated carbocycles. The molecule has 4 heteroatoms. The van der Waals surface area contributed by atoms with Gasteiger partial charge < -0.3 is 14.6 Å². The summed E-state index contributed by atoms with van der Waals surface area (Å²) < 4.78 is 11.3. The lowest BCUT2D eigenvalue weighted by molar-refractivity contribution is 0.112. The van der Waals surface area contributed by atoms with Gasteiger partial charge in [0.15, 0.2) is 11.5 Å². The predicted molar refractivity (Wildman–Crippen MR) is 88.5 cm³/mol. The average Bonchev–Trinajstić information content (AvgIpc) is 2.52. The smallest absolute Gasteiger partial charge is 0.161 e. The summed E-state index contributed by atoms with van der Waals surface area (Å²) in [6.07, 6.45) is 4.58. The van der Waals surface area contributed by atoms with Gasteiger partial charge in [0.25, 0.3) is 0 Å². The van der Waals surface area contributed by atoms with Gasteiger partial charge in [-0.1, -0.05) is 12.5 Å². The summed E-state index contributed by atoms with van der Waals surface area (Å²) in [4.78, 5) is 2.49. The first-order chi connectivity index (χ1) is 10.8. The van der Waals surface area contributed by atoms with Crippen LogP contribution in [0.5, 0.6) is 11.5 Å². The second-order valence-electron chi connectivity index (χ2n) is 5.78. The van der Waals surface area contributed by atoms with Crippen LogP contribution in [0.3, 0.4) is 0 Å². The van der Waals surface area contributed by atoms with Crippen LogP contribution in [0.15, 0.2) is 18.2 Å². The molecular formula is C18H29NO3. The summed E-state index contributed by atoms with van der Waals surface area (Å²) >= 11 is 0. The molecule has 0 aliphatic carbocycles. The molecular weight excluding hydrogens is 278 g/mol. The van der Waals surface area contributed by atoms with Crippen molar-refractivity contribution in [2.45, 2.75) is 52.1 Å². The van der Waals surface area contributed by atoms with Gasteiger partial charge in [-0.05, 0) is 57.4 Å². The van der Waals surface area contributed by atoms with E-state index in [1.807, 2.05) is 19.9 Å². The number of piperidine rings is 1. The number of hydrogen-bond acceptors (Lipinski definition) is 4. The molecule has 1 aromatic rings. The zero-order valence-corrected chi connectivity index (χ0v) is 13.9. The van der Waals surface area contributed by atoms with Crippen LogP contribution in [-0.2, 0) is 6.54 Å². The topological polar surface area (TPSA) is 41.9 Å². The quantitative estimate of drug-likeness (QED) is 0.801. The third-order valence-electron chi connectivity index (χ3n) is 4.20. The zero-order chi connectivity index (χ0) is 15.8. The fourth-order valence-corrected chi connectivity index (χ4v) is 3.17.